The number of hydrogen-bond acceptors (Lipinski definition) is 2. The van der Waals surface area contributed by atoms with Crippen LogP contribution in [0.2, 0.25) is 5.54 Å². The quantitative estimate of drug-likeness (QED) is 0.706. The summed E-state index contributed by atoms with van der Waals surface area (Å²) in [5, 5.41) is 0. The van der Waals surface area contributed by atoms with Gasteiger partial charge in [-0.3, -0.25) is 4.79 Å². The van der Waals surface area contributed by atoms with Crippen molar-refractivity contribution in [2.24, 2.45) is 0 Å². The summed E-state index contributed by atoms with van der Waals surface area (Å²) < 4.78 is 5.10. The summed E-state index contributed by atoms with van der Waals surface area (Å²) >= 11 is 0. The third-order valence-corrected chi connectivity index (χ3v) is 2.42. The Hall–Kier alpha value is -1.09. The minimum absolute atomic E-state index is 0.136. The maximum atomic E-state index is 11.3. The predicted molar refractivity (Wildman–Crippen MR) is 57.1 cm³/mol. The molecular formula is C11H14O2Si. The van der Waals surface area contributed by atoms with Crippen molar-refractivity contribution in [2.75, 3.05) is 0 Å². The second-order valence-electron chi connectivity index (χ2n) is 3.41. The molecule has 0 aliphatic heterocycles. The van der Waals surface area contributed by atoms with E-state index in [1.54, 1.807) is 0 Å². The molecule has 0 amide bonds. The van der Waals surface area contributed by atoms with Crippen molar-refractivity contribution < 1.29 is 9.22 Å². The first kappa shape index (κ1) is 11.0. The first-order chi connectivity index (χ1) is 6.68. The van der Waals surface area contributed by atoms with Crippen LogP contribution >= 0.6 is 0 Å². The Kier molecular flexibility index (Phi) is 4.39. The van der Waals surface area contributed by atoms with Crippen LogP contribution in [0.25, 0.3) is 0 Å². The van der Waals surface area contributed by atoms with Crippen molar-refractivity contribution in [3.63, 3.8) is 0 Å². The van der Waals surface area contributed by atoms with Gasteiger partial charge in [-0.25, -0.2) is 0 Å². The van der Waals surface area contributed by atoms with Gasteiger partial charge in [0, 0.05) is 0 Å². The van der Waals surface area contributed by atoms with E-state index in [2.05, 4.69) is 0 Å². The second kappa shape index (κ2) is 5.60. The van der Waals surface area contributed by atoms with E-state index in [1.165, 1.54) is 0 Å². The molecule has 0 spiro atoms. The van der Waals surface area contributed by atoms with Crippen LogP contribution in [0.15, 0.2) is 30.3 Å². The summed E-state index contributed by atoms with van der Waals surface area (Å²) in [6.45, 7) is 4.07. The molecule has 14 heavy (non-hydrogen) atoms. The van der Waals surface area contributed by atoms with Crippen molar-refractivity contribution in [2.45, 2.75) is 25.8 Å². The molecule has 0 fully saturated rings. The van der Waals surface area contributed by atoms with Crippen LogP contribution in [0.4, 0.5) is 0 Å². The lowest BCUT2D eigenvalue weighted by atomic mass is 10.2. The van der Waals surface area contributed by atoms with Crippen LogP contribution in [-0.4, -0.2) is 15.7 Å². The zero-order valence-corrected chi connectivity index (χ0v) is 9.49. The van der Waals surface area contributed by atoms with Crippen LogP contribution < -0.4 is 0 Å². The molecule has 74 valence electrons. The molecule has 0 N–H and O–H groups in total. The van der Waals surface area contributed by atoms with Crippen molar-refractivity contribution in [3.05, 3.63) is 35.9 Å². The van der Waals surface area contributed by atoms with E-state index in [4.69, 9.17) is 4.43 Å². The van der Waals surface area contributed by atoms with Gasteiger partial charge < -0.3 is 4.43 Å². The van der Waals surface area contributed by atoms with Gasteiger partial charge in [-0.15, -0.1) is 0 Å². The Labute approximate surface area is 87.2 Å². The van der Waals surface area contributed by atoms with Gasteiger partial charge in [0.15, 0.2) is 0 Å². The fourth-order valence-electron chi connectivity index (χ4n) is 0.982. The average molecular weight is 206 g/mol. The molecule has 0 unspecified atom stereocenters. The van der Waals surface area contributed by atoms with E-state index in [9.17, 15) is 4.79 Å². The minimum Gasteiger partial charge on any atom is -0.516 e. The molecule has 0 aliphatic rings. The minimum atomic E-state index is -0.136. The number of carbonyl (C=O) groups is 1. The zero-order chi connectivity index (χ0) is 10.4. The predicted octanol–water partition coefficient (Wildman–Crippen LogP) is 2.22. The molecule has 0 saturated heterocycles. The second-order valence-corrected chi connectivity index (χ2v) is 5.00. The Morgan fingerprint density at radius 2 is 2.00 bits per heavy atom. The first-order valence-electron chi connectivity index (χ1n) is 4.67. The molecule has 0 atom stereocenters. The van der Waals surface area contributed by atoms with Crippen molar-refractivity contribution in [3.8, 4) is 0 Å². The lowest BCUT2D eigenvalue weighted by molar-refractivity contribution is -0.133. The standard InChI is InChI=1S/C11H14O2Si/c1-9(2)14-13-11(12)8-10-6-4-3-5-7-10/h3-7,9H,8H2,1-2H3. The summed E-state index contributed by atoms with van der Waals surface area (Å²) in [4.78, 5) is 11.3. The van der Waals surface area contributed by atoms with Crippen molar-refractivity contribution >= 4 is 15.7 Å². The lowest BCUT2D eigenvalue weighted by Gasteiger charge is -2.04. The molecule has 0 saturated carbocycles. The molecule has 1 aromatic carbocycles. The maximum absolute atomic E-state index is 11.3. The zero-order valence-electron chi connectivity index (χ0n) is 8.49. The summed E-state index contributed by atoms with van der Waals surface area (Å²) in [5.74, 6) is -0.136. The molecule has 3 heteroatoms. The maximum Gasteiger partial charge on any atom is 0.317 e. The molecule has 1 aromatic rings. The molecule has 0 aromatic heterocycles. The van der Waals surface area contributed by atoms with Crippen LogP contribution in [0.3, 0.4) is 0 Å². The van der Waals surface area contributed by atoms with Gasteiger partial charge in [0.1, 0.15) is 0 Å². The SMILES string of the molecule is CC(C)[Si]OC(=O)Cc1ccccc1. The van der Waals surface area contributed by atoms with Crippen LogP contribution in [-0.2, 0) is 15.6 Å². The fourth-order valence-corrected chi connectivity index (χ4v) is 1.42. The average Bonchev–Trinajstić information content (AvgIpc) is 2.16. The molecule has 1 rings (SSSR count). The Bertz CT molecular complexity index is 283. The topological polar surface area (TPSA) is 26.3 Å². The van der Waals surface area contributed by atoms with Crippen LogP contribution in [0.5, 0.6) is 0 Å². The number of benzene rings is 1. The third-order valence-electron chi connectivity index (χ3n) is 1.60. The summed E-state index contributed by atoms with van der Waals surface area (Å²) in [5.41, 5.74) is 1.43. The van der Waals surface area contributed by atoms with Crippen molar-refractivity contribution in [1.82, 2.24) is 0 Å². The molecule has 2 nitrogen and oxygen atoms in total. The highest BCUT2D eigenvalue weighted by molar-refractivity contribution is 6.32. The van der Waals surface area contributed by atoms with E-state index >= 15 is 0 Å². The lowest BCUT2D eigenvalue weighted by Crippen LogP contribution is -2.13. The van der Waals surface area contributed by atoms with Gasteiger partial charge in [-0.1, -0.05) is 44.2 Å². The van der Waals surface area contributed by atoms with Gasteiger partial charge in [-0.05, 0) is 11.1 Å². The Balaban J connectivity index is 2.35. The van der Waals surface area contributed by atoms with Crippen LogP contribution in [0.1, 0.15) is 19.4 Å². The first-order valence-corrected chi connectivity index (χ1v) is 5.66. The summed E-state index contributed by atoms with van der Waals surface area (Å²) in [7, 11) is 0.271. The van der Waals surface area contributed by atoms with E-state index in [0.717, 1.165) is 5.56 Å². The molecule has 2 radical (unpaired) electrons. The highest BCUT2D eigenvalue weighted by Gasteiger charge is 2.06. The number of carbonyl (C=O) groups excluding carboxylic acids is 1. The van der Waals surface area contributed by atoms with E-state index < -0.39 is 0 Å². The highest BCUT2D eigenvalue weighted by atomic mass is 28.2. The largest absolute Gasteiger partial charge is 0.516 e. The number of rotatable bonds is 4. The van der Waals surface area contributed by atoms with Crippen LogP contribution in [0, 0.1) is 0 Å². The van der Waals surface area contributed by atoms with E-state index in [1.807, 2.05) is 44.2 Å². The fraction of sp³-hybridized carbons (Fsp3) is 0.364. The Morgan fingerprint density at radius 1 is 1.36 bits per heavy atom. The van der Waals surface area contributed by atoms with Gasteiger partial charge in [0.2, 0.25) is 0 Å². The molecule has 0 aliphatic carbocycles. The van der Waals surface area contributed by atoms with Crippen molar-refractivity contribution in [1.29, 1.82) is 0 Å². The van der Waals surface area contributed by atoms with Gasteiger partial charge in [-0.2, -0.15) is 0 Å². The molecular weight excluding hydrogens is 192 g/mol. The molecule has 0 heterocycles. The smallest absolute Gasteiger partial charge is 0.317 e. The Morgan fingerprint density at radius 3 is 2.57 bits per heavy atom. The van der Waals surface area contributed by atoms with Gasteiger partial charge >= 0.3 is 9.76 Å². The monoisotopic (exact) mass is 206 g/mol. The van der Waals surface area contributed by atoms with Gasteiger partial charge in [0.25, 0.3) is 5.97 Å². The summed E-state index contributed by atoms with van der Waals surface area (Å²) in [6, 6.07) is 9.64. The van der Waals surface area contributed by atoms with E-state index in [0.29, 0.717) is 12.0 Å². The highest BCUT2D eigenvalue weighted by Crippen LogP contribution is 2.02. The third kappa shape index (κ3) is 4.23. The molecule has 0 bridgehead atoms. The normalized spacial score (nSPS) is 10.2. The number of hydrogen-bond donors (Lipinski definition) is 0. The van der Waals surface area contributed by atoms with Gasteiger partial charge in [0.05, 0.1) is 6.42 Å². The van der Waals surface area contributed by atoms with E-state index in [-0.39, 0.29) is 15.7 Å². The summed E-state index contributed by atoms with van der Waals surface area (Å²) in [6.07, 6.45) is 0.376.